The van der Waals surface area contributed by atoms with Crippen molar-refractivity contribution in [3.63, 3.8) is 0 Å². The maximum atomic E-state index is 11.8. The maximum absolute atomic E-state index is 11.8. The molecule has 0 aromatic heterocycles. The van der Waals surface area contributed by atoms with Gasteiger partial charge >= 0.3 is 0 Å². The number of hydrogen-bond acceptors (Lipinski definition) is 4. The smallest absolute Gasteiger partial charge is 0.246 e. The topological polar surface area (TPSA) is 70.0 Å². The van der Waals surface area contributed by atoms with E-state index < -0.39 is 12.2 Å². The van der Waals surface area contributed by atoms with Gasteiger partial charge in [0.2, 0.25) is 5.91 Å². The summed E-state index contributed by atoms with van der Waals surface area (Å²) in [6, 6.07) is 7.31. The number of hydrogen-bond donors (Lipinski definition) is 2. The van der Waals surface area contributed by atoms with E-state index in [9.17, 15) is 15.0 Å². The van der Waals surface area contributed by atoms with E-state index in [1.807, 2.05) is 24.3 Å². The average molecular weight is 263 g/mol. The minimum atomic E-state index is -0.849. The van der Waals surface area contributed by atoms with E-state index >= 15 is 0 Å². The minimum absolute atomic E-state index is 0.174. The van der Waals surface area contributed by atoms with Gasteiger partial charge in [0.05, 0.1) is 19.3 Å². The fourth-order valence-electron chi connectivity index (χ4n) is 1.94. The van der Waals surface area contributed by atoms with Gasteiger partial charge in [-0.15, -0.1) is 0 Å². The van der Waals surface area contributed by atoms with Gasteiger partial charge in [0.25, 0.3) is 0 Å². The summed E-state index contributed by atoms with van der Waals surface area (Å²) in [6.45, 7) is 0.347. The predicted octanol–water partition coefficient (Wildman–Crippen LogP) is 0.272. The number of rotatable bonds is 3. The first kappa shape index (κ1) is 13.6. The number of carbonyl (C=O) groups is 1. The van der Waals surface area contributed by atoms with Crippen LogP contribution in [0.3, 0.4) is 0 Å². The van der Waals surface area contributed by atoms with Crippen LogP contribution in [0.4, 0.5) is 0 Å². The third kappa shape index (κ3) is 3.33. The monoisotopic (exact) mass is 263 g/mol. The molecule has 0 saturated carbocycles. The summed E-state index contributed by atoms with van der Waals surface area (Å²) in [5.41, 5.74) is 0.884. The molecule has 0 spiro atoms. The Hall–Kier alpha value is -1.85. The summed E-state index contributed by atoms with van der Waals surface area (Å²) in [5.74, 6) is 0.542. The van der Waals surface area contributed by atoms with E-state index in [1.54, 1.807) is 13.2 Å². The van der Waals surface area contributed by atoms with E-state index in [2.05, 4.69) is 0 Å². The molecule has 5 nitrogen and oxygen atoms in total. The molecule has 2 unspecified atom stereocenters. The second-order valence-electron chi connectivity index (χ2n) is 4.48. The molecule has 1 saturated heterocycles. The first-order valence-electron chi connectivity index (χ1n) is 6.07. The molecule has 1 fully saturated rings. The molecule has 2 rings (SSSR count). The highest BCUT2D eigenvalue weighted by Gasteiger charge is 2.31. The standard InChI is InChI=1S/C14H17NO4/c1-19-11-5-2-10(3-6-11)4-7-14(18)15-8-12(16)13(17)9-15/h2-7,12-13,16-17H,8-9H2,1H3/b7-4+. The molecule has 2 atom stereocenters. The second-order valence-corrected chi connectivity index (χ2v) is 4.48. The lowest BCUT2D eigenvalue weighted by Gasteiger charge is -2.12. The third-order valence-electron chi connectivity index (χ3n) is 3.10. The number of β-amino-alcohol motifs (C(OH)–C–C–N with tert-alkyl or cyclic N) is 2. The van der Waals surface area contributed by atoms with Gasteiger partial charge in [-0.1, -0.05) is 12.1 Å². The van der Waals surface area contributed by atoms with Crippen molar-refractivity contribution in [2.45, 2.75) is 12.2 Å². The molecule has 2 N–H and O–H groups in total. The summed E-state index contributed by atoms with van der Waals surface area (Å²) in [4.78, 5) is 13.3. The summed E-state index contributed by atoms with van der Waals surface area (Å²) < 4.78 is 5.04. The molecule has 1 aliphatic heterocycles. The van der Waals surface area contributed by atoms with Crippen molar-refractivity contribution in [1.29, 1.82) is 0 Å². The number of methoxy groups -OCH3 is 1. The number of amides is 1. The summed E-state index contributed by atoms with van der Waals surface area (Å²) in [5, 5.41) is 18.8. The Bertz CT molecular complexity index is 459. The highest BCUT2D eigenvalue weighted by atomic mass is 16.5. The number of nitrogens with zero attached hydrogens (tertiary/aromatic N) is 1. The van der Waals surface area contributed by atoms with Crippen LogP contribution in [0, 0.1) is 0 Å². The zero-order valence-electron chi connectivity index (χ0n) is 10.7. The maximum Gasteiger partial charge on any atom is 0.246 e. The number of carbonyl (C=O) groups excluding carboxylic acids is 1. The Kier molecular flexibility index (Phi) is 4.19. The normalized spacial score (nSPS) is 23.0. The lowest BCUT2D eigenvalue weighted by molar-refractivity contribution is -0.125. The van der Waals surface area contributed by atoms with Crippen molar-refractivity contribution in [2.24, 2.45) is 0 Å². The Morgan fingerprint density at radius 3 is 2.37 bits per heavy atom. The summed E-state index contributed by atoms with van der Waals surface area (Å²) in [6.07, 6.45) is 1.43. The van der Waals surface area contributed by atoms with E-state index in [0.29, 0.717) is 0 Å². The fourth-order valence-corrected chi connectivity index (χ4v) is 1.94. The van der Waals surface area contributed by atoms with Crippen LogP contribution in [-0.4, -0.2) is 53.4 Å². The Morgan fingerprint density at radius 1 is 1.26 bits per heavy atom. The molecule has 5 heteroatoms. The van der Waals surface area contributed by atoms with Gasteiger partial charge in [-0.3, -0.25) is 4.79 Å². The van der Waals surface area contributed by atoms with Gasteiger partial charge in [0, 0.05) is 19.2 Å². The van der Waals surface area contributed by atoms with Gasteiger partial charge in [-0.2, -0.15) is 0 Å². The van der Waals surface area contributed by atoms with Crippen LogP contribution in [-0.2, 0) is 4.79 Å². The van der Waals surface area contributed by atoms with Crippen LogP contribution in [0.1, 0.15) is 5.56 Å². The Balaban J connectivity index is 1.96. The van der Waals surface area contributed by atoms with Crippen LogP contribution in [0.2, 0.25) is 0 Å². The molecule has 1 amide bonds. The van der Waals surface area contributed by atoms with E-state index in [4.69, 9.17) is 4.74 Å². The number of likely N-dealkylation sites (tertiary alicyclic amines) is 1. The van der Waals surface area contributed by atoms with Gasteiger partial charge in [0.1, 0.15) is 5.75 Å². The van der Waals surface area contributed by atoms with Crippen LogP contribution in [0.15, 0.2) is 30.3 Å². The van der Waals surface area contributed by atoms with Gasteiger partial charge in [-0.25, -0.2) is 0 Å². The predicted molar refractivity (Wildman–Crippen MR) is 70.6 cm³/mol. The number of aliphatic hydroxyl groups excluding tert-OH is 2. The molecule has 0 aliphatic carbocycles. The molecule has 1 aliphatic rings. The van der Waals surface area contributed by atoms with Crippen molar-refractivity contribution < 1.29 is 19.7 Å². The van der Waals surface area contributed by atoms with Gasteiger partial charge < -0.3 is 19.8 Å². The zero-order chi connectivity index (χ0) is 13.8. The number of ether oxygens (including phenoxy) is 1. The molecule has 0 radical (unpaired) electrons. The van der Waals surface area contributed by atoms with Crippen molar-refractivity contribution in [2.75, 3.05) is 20.2 Å². The highest BCUT2D eigenvalue weighted by molar-refractivity contribution is 5.92. The van der Waals surface area contributed by atoms with Crippen LogP contribution in [0.25, 0.3) is 6.08 Å². The van der Waals surface area contributed by atoms with Gasteiger partial charge in [0.15, 0.2) is 0 Å². The van der Waals surface area contributed by atoms with E-state index in [1.165, 1.54) is 11.0 Å². The lowest BCUT2D eigenvalue weighted by atomic mass is 10.2. The number of aliphatic hydroxyl groups is 2. The molecule has 102 valence electrons. The Labute approximate surface area is 111 Å². The quantitative estimate of drug-likeness (QED) is 0.768. The summed E-state index contributed by atoms with van der Waals surface area (Å²) >= 11 is 0. The van der Waals surface area contributed by atoms with Crippen LogP contribution < -0.4 is 4.74 Å². The number of benzene rings is 1. The molecular weight excluding hydrogens is 246 g/mol. The van der Waals surface area contributed by atoms with Crippen LogP contribution >= 0.6 is 0 Å². The van der Waals surface area contributed by atoms with Crippen LogP contribution in [0.5, 0.6) is 5.75 Å². The fraction of sp³-hybridized carbons (Fsp3) is 0.357. The van der Waals surface area contributed by atoms with Crippen molar-refractivity contribution in [1.82, 2.24) is 4.90 Å². The average Bonchev–Trinajstić information content (AvgIpc) is 2.77. The lowest BCUT2D eigenvalue weighted by Crippen LogP contribution is -2.27. The van der Waals surface area contributed by atoms with E-state index in [-0.39, 0.29) is 19.0 Å². The first-order chi connectivity index (χ1) is 9.10. The first-order valence-corrected chi connectivity index (χ1v) is 6.07. The van der Waals surface area contributed by atoms with Crippen molar-refractivity contribution >= 4 is 12.0 Å². The SMILES string of the molecule is COc1ccc(/C=C/C(=O)N2CC(O)C(O)C2)cc1. The second kappa shape index (κ2) is 5.86. The zero-order valence-corrected chi connectivity index (χ0v) is 10.7. The van der Waals surface area contributed by atoms with Gasteiger partial charge in [-0.05, 0) is 23.8 Å². The molecule has 19 heavy (non-hydrogen) atoms. The van der Waals surface area contributed by atoms with Crippen molar-refractivity contribution in [3.8, 4) is 5.75 Å². The molecule has 0 bridgehead atoms. The Morgan fingerprint density at radius 2 is 1.84 bits per heavy atom. The highest BCUT2D eigenvalue weighted by Crippen LogP contribution is 2.14. The molecular formula is C14H17NO4. The molecule has 1 aromatic rings. The van der Waals surface area contributed by atoms with Crippen molar-refractivity contribution in [3.05, 3.63) is 35.9 Å². The van der Waals surface area contributed by atoms with E-state index in [0.717, 1.165) is 11.3 Å². The largest absolute Gasteiger partial charge is 0.497 e. The summed E-state index contributed by atoms with van der Waals surface area (Å²) in [7, 11) is 1.60. The molecule has 1 aromatic carbocycles. The molecule has 1 heterocycles. The third-order valence-corrected chi connectivity index (χ3v) is 3.10. The minimum Gasteiger partial charge on any atom is -0.497 e.